The third-order valence-corrected chi connectivity index (χ3v) is 7.27. The van der Waals surface area contributed by atoms with E-state index in [1.165, 1.54) is 35.0 Å². The van der Waals surface area contributed by atoms with E-state index >= 15 is 0 Å². The van der Waals surface area contributed by atoms with Gasteiger partial charge >= 0.3 is 0 Å². The number of hydrogen-bond acceptors (Lipinski definition) is 7. The van der Waals surface area contributed by atoms with Crippen LogP contribution >= 0.6 is 0 Å². The second-order valence-electron chi connectivity index (χ2n) is 9.38. The molecule has 2 saturated carbocycles. The summed E-state index contributed by atoms with van der Waals surface area (Å²) >= 11 is 0. The first-order valence-electron chi connectivity index (χ1n) is 11.2. The third kappa shape index (κ3) is 2.80. The lowest BCUT2D eigenvalue weighted by molar-refractivity contribution is 0.363. The maximum Gasteiger partial charge on any atom is 0.280 e. The Kier molecular flexibility index (Phi) is 3.68. The van der Waals surface area contributed by atoms with Crippen molar-refractivity contribution >= 4 is 16.9 Å². The first-order chi connectivity index (χ1) is 15.7. The predicted molar refractivity (Wildman–Crippen MR) is 117 cm³/mol. The second-order valence-corrected chi connectivity index (χ2v) is 9.38. The van der Waals surface area contributed by atoms with Crippen LogP contribution in [0.3, 0.4) is 0 Å². The number of nitrogens with zero attached hydrogens (tertiary/aromatic N) is 7. The van der Waals surface area contributed by atoms with Gasteiger partial charge in [0, 0.05) is 31.7 Å². The lowest BCUT2D eigenvalue weighted by Gasteiger charge is -2.22. The number of piperidine rings is 1. The van der Waals surface area contributed by atoms with Crippen LogP contribution in [-0.2, 0) is 13.6 Å². The molecule has 3 fully saturated rings. The summed E-state index contributed by atoms with van der Waals surface area (Å²) in [6, 6.07) is 9.04. The fourth-order valence-corrected chi connectivity index (χ4v) is 5.31. The van der Waals surface area contributed by atoms with Gasteiger partial charge < -0.3 is 14.0 Å². The lowest BCUT2D eigenvalue weighted by atomic mass is 10.1. The third-order valence-electron chi connectivity index (χ3n) is 7.27. The highest BCUT2D eigenvalue weighted by molar-refractivity contribution is 5.68. The summed E-state index contributed by atoms with van der Waals surface area (Å²) in [4.78, 5) is 28.2. The van der Waals surface area contributed by atoms with Gasteiger partial charge in [-0.2, -0.15) is 4.98 Å². The highest BCUT2D eigenvalue weighted by Crippen LogP contribution is 2.58. The van der Waals surface area contributed by atoms with Crippen molar-refractivity contribution in [3.8, 4) is 0 Å². The summed E-state index contributed by atoms with van der Waals surface area (Å²) in [6.45, 7) is 2.28. The lowest BCUT2D eigenvalue weighted by Crippen LogP contribution is -2.24. The van der Waals surface area contributed by atoms with Gasteiger partial charge in [-0.05, 0) is 48.3 Å². The summed E-state index contributed by atoms with van der Waals surface area (Å²) in [6.07, 6.45) is 5.73. The molecule has 2 aliphatic carbocycles. The van der Waals surface area contributed by atoms with E-state index < -0.39 is 0 Å². The minimum atomic E-state index is -0.165. The number of rotatable bonds is 5. The minimum absolute atomic E-state index is 0.165. The predicted octanol–water partition coefficient (Wildman–Crippen LogP) is 2.29. The number of benzene rings is 1. The van der Waals surface area contributed by atoms with Crippen LogP contribution in [0.5, 0.6) is 0 Å². The smallest absolute Gasteiger partial charge is 0.280 e. The quantitative estimate of drug-likeness (QED) is 0.480. The largest absolute Gasteiger partial charge is 0.371 e. The zero-order chi connectivity index (χ0) is 21.4. The van der Waals surface area contributed by atoms with Crippen molar-refractivity contribution in [2.75, 3.05) is 18.0 Å². The molecule has 9 heteroatoms. The number of imidazole rings is 1. The van der Waals surface area contributed by atoms with Crippen molar-refractivity contribution in [1.29, 1.82) is 0 Å². The van der Waals surface area contributed by atoms with Crippen molar-refractivity contribution in [3.63, 3.8) is 0 Å². The number of aryl methyl sites for hydroxylation is 1. The van der Waals surface area contributed by atoms with Gasteiger partial charge in [0.1, 0.15) is 12.9 Å². The van der Waals surface area contributed by atoms with E-state index in [-0.39, 0.29) is 12.1 Å². The summed E-state index contributed by atoms with van der Waals surface area (Å²) in [5, 5.41) is 4.24. The SMILES string of the molecule is Cn1cnc2ncn(Cc3nc(C4C5CN(c6cccc(C7CC7)c6)CC54)no3)c(=O)c21. The molecule has 4 heterocycles. The molecule has 3 aromatic heterocycles. The van der Waals surface area contributed by atoms with Gasteiger partial charge in [-0.1, -0.05) is 17.3 Å². The first kappa shape index (κ1) is 18.1. The van der Waals surface area contributed by atoms with Gasteiger partial charge in [0.2, 0.25) is 5.89 Å². The van der Waals surface area contributed by atoms with E-state index in [1.54, 1.807) is 17.9 Å². The Labute approximate surface area is 183 Å². The second kappa shape index (κ2) is 6.51. The average molecular weight is 429 g/mol. The van der Waals surface area contributed by atoms with Crippen LogP contribution in [0.2, 0.25) is 0 Å². The van der Waals surface area contributed by atoms with Crippen LogP contribution in [0.25, 0.3) is 11.2 Å². The van der Waals surface area contributed by atoms with Gasteiger partial charge in [0.25, 0.3) is 5.56 Å². The Morgan fingerprint density at radius 2 is 1.94 bits per heavy atom. The van der Waals surface area contributed by atoms with E-state index in [0.717, 1.165) is 24.8 Å². The zero-order valence-corrected chi connectivity index (χ0v) is 17.8. The first-order valence-corrected chi connectivity index (χ1v) is 11.2. The van der Waals surface area contributed by atoms with E-state index in [2.05, 4.69) is 49.3 Å². The summed E-state index contributed by atoms with van der Waals surface area (Å²) in [5.41, 5.74) is 3.57. The molecule has 7 rings (SSSR count). The van der Waals surface area contributed by atoms with Crippen molar-refractivity contribution in [1.82, 2.24) is 29.2 Å². The Balaban J connectivity index is 1.05. The molecule has 0 N–H and O–H groups in total. The fraction of sp³-hybridized carbons (Fsp3) is 0.435. The molecule has 3 aliphatic rings. The number of anilines is 1. The zero-order valence-electron chi connectivity index (χ0n) is 17.8. The standard InChI is InChI=1S/C23H23N7O2/c1-28-11-24-22-20(28)23(31)30(12-25-22)10-18-26-21(27-32-18)19-16-8-29(9-17(16)19)15-4-2-3-14(7-15)13-5-6-13/h2-4,7,11-13,16-17,19H,5-6,8-10H2,1H3. The van der Waals surface area contributed by atoms with Crippen molar-refractivity contribution in [3.05, 3.63) is 64.6 Å². The Morgan fingerprint density at radius 3 is 2.75 bits per heavy atom. The van der Waals surface area contributed by atoms with Crippen LogP contribution in [0.1, 0.15) is 42.0 Å². The number of hydrogen-bond donors (Lipinski definition) is 0. The van der Waals surface area contributed by atoms with Crippen molar-refractivity contribution < 1.29 is 4.52 Å². The van der Waals surface area contributed by atoms with E-state index in [9.17, 15) is 4.79 Å². The molecule has 1 aliphatic heterocycles. The molecular formula is C23H23N7O2. The van der Waals surface area contributed by atoms with Gasteiger partial charge in [0.15, 0.2) is 17.0 Å². The van der Waals surface area contributed by atoms with Gasteiger partial charge in [-0.3, -0.25) is 9.36 Å². The van der Waals surface area contributed by atoms with Crippen LogP contribution in [-0.4, -0.2) is 42.3 Å². The van der Waals surface area contributed by atoms with Gasteiger partial charge in [0.05, 0.1) is 6.33 Å². The molecule has 2 atom stereocenters. The molecule has 0 spiro atoms. The molecule has 1 aromatic carbocycles. The van der Waals surface area contributed by atoms with Gasteiger partial charge in [-0.25, -0.2) is 9.97 Å². The molecule has 2 unspecified atom stereocenters. The molecule has 0 radical (unpaired) electrons. The van der Waals surface area contributed by atoms with Crippen LogP contribution in [0.15, 0.2) is 46.2 Å². The highest BCUT2D eigenvalue weighted by atomic mass is 16.5. The maximum atomic E-state index is 12.7. The van der Waals surface area contributed by atoms with Crippen LogP contribution in [0.4, 0.5) is 5.69 Å². The molecule has 4 aromatic rings. The normalized spacial score (nSPS) is 24.3. The Hall–Kier alpha value is -3.49. The van der Waals surface area contributed by atoms with Crippen LogP contribution < -0.4 is 10.5 Å². The van der Waals surface area contributed by atoms with E-state index in [1.807, 2.05) is 0 Å². The summed E-state index contributed by atoms with van der Waals surface area (Å²) < 4.78 is 8.66. The number of aromatic nitrogens is 6. The topological polar surface area (TPSA) is 94.9 Å². The maximum absolute atomic E-state index is 12.7. The Bertz CT molecular complexity index is 1390. The molecule has 0 amide bonds. The van der Waals surface area contributed by atoms with Gasteiger partial charge in [-0.15, -0.1) is 0 Å². The number of fused-ring (bicyclic) bond motifs is 2. The molecule has 162 valence electrons. The Morgan fingerprint density at radius 1 is 1.12 bits per heavy atom. The van der Waals surface area contributed by atoms with Crippen molar-refractivity contribution in [2.24, 2.45) is 18.9 Å². The van der Waals surface area contributed by atoms with E-state index in [4.69, 9.17) is 4.52 Å². The molecular weight excluding hydrogens is 406 g/mol. The fourth-order valence-electron chi connectivity index (χ4n) is 5.31. The summed E-state index contributed by atoms with van der Waals surface area (Å²) in [7, 11) is 1.78. The molecule has 0 bridgehead atoms. The summed E-state index contributed by atoms with van der Waals surface area (Å²) in [5.74, 6) is 3.47. The molecule has 1 saturated heterocycles. The highest BCUT2D eigenvalue weighted by Gasteiger charge is 2.58. The molecule has 9 nitrogen and oxygen atoms in total. The average Bonchev–Trinajstić information content (AvgIpc) is 3.61. The van der Waals surface area contributed by atoms with Crippen LogP contribution in [0, 0.1) is 11.8 Å². The van der Waals surface area contributed by atoms with E-state index in [0.29, 0.717) is 34.8 Å². The monoisotopic (exact) mass is 429 g/mol. The minimum Gasteiger partial charge on any atom is -0.371 e. The van der Waals surface area contributed by atoms with Crippen molar-refractivity contribution in [2.45, 2.75) is 31.2 Å². The molecule has 32 heavy (non-hydrogen) atoms.